The predicted octanol–water partition coefficient (Wildman–Crippen LogP) is -2.73. The number of nitro groups is 2. The second-order valence-electron chi connectivity index (χ2n) is 4.29. The molecule has 0 bridgehead atoms. The molecule has 0 heterocycles. The molecule has 0 aliphatic carbocycles. The molecule has 0 aromatic heterocycles. The van der Waals surface area contributed by atoms with Crippen LogP contribution in [0.15, 0.2) is 48.5 Å². The van der Waals surface area contributed by atoms with Crippen LogP contribution in [-0.4, -0.2) is 24.5 Å². The summed E-state index contributed by atoms with van der Waals surface area (Å²) in [4.78, 5) is 42.0. The van der Waals surface area contributed by atoms with E-state index in [1.54, 1.807) is 24.3 Å². The van der Waals surface area contributed by atoms with Gasteiger partial charge >= 0.3 is 57.2 Å². The van der Waals surface area contributed by atoms with Gasteiger partial charge in [0.05, 0.1) is 22.0 Å². The summed E-state index contributed by atoms with van der Waals surface area (Å²) in [5.41, 5.74) is 0.0882. The van der Waals surface area contributed by atoms with Crippen molar-refractivity contribution in [1.29, 1.82) is 0 Å². The zero-order chi connectivity index (χ0) is 21.9. The van der Waals surface area contributed by atoms with Crippen LogP contribution in [0.1, 0.15) is 0 Å². The fourth-order valence-corrected chi connectivity index (χ4v) is 3.87. The molecule has 0 aliphatic rings. The average Bonchev–Trinajstić information content (AvgIpc) is 2.53. The normalized spacial score (nSPS) is 9.86. The Labute approximate surface area is 173 Å². The summed E-state index contributed by atoms with van der Waals surface area (Å²) < 4.78 is 36.4. The van der Waals surface area contributed by atoms with Gasteiger partial charge in [-0.3, -0.25) is 20.2 Å². The van der Waals surface area contributed by atoms with Crippen molar-refractivity contribution in [3.8, 4) is 0 Å². The molecule has 0 amide bonds. The molecule has 28 heavy (non-hydrogen) atoms. The van der Waals surface area contributed by atoms with Gasteiger partial charge in [0.15, 0.2) is 0 Å². The predicted molar refractivity (Wildman–Crippen MR) is 79.2 cm³/mol. The van der Waals surface area contributed by atoms with Gasteiger partial charge in [0.25, 0.3) is 11.4 Å². The number of phosphoric acid groups is 1. The zero-order valence-electron chi connectivity index (χ0n) is 13.4. The summed E-state index contributed by atoms with van der Waals surface area (Å²) in [6, 6.07) is 12.8. The second-order valence-corrected chi connectivity index (χ2v) is 9.81. The summed E-state index contributed by atoms with van der Waals surface area (Å²) >= 11 is -4.94. The molecule has 2 rings (SSSR count). The number of hydrogen-bond acceptors (Lipinski definition) is 8. The Bertz CT molecular complexity index is 875. The van der Waals surface area contributed by atoms with E-state index in [1.807, 2.05) is 0 Å². The number of benzene rings is 2. The molecule has 0 radical (unpaired) electrons. The third-order valence-corrected chi connectivity index (χ3v) is 4.84. The Balaban J connectivity index is 0.000000681. The molecule has 2 aromatic rings. The molecule has 0 spiro atoms. The van der Waals surface area contributed by atoms with Crippen LogP contribution in [0, 0.1) is 27.4 Å². The standard InChI is InChI=1S/C12H8IN2O4.H3O4P.3O.W/c16-14(17)11-5-1-3-9(7-11)13-10-4-2-6-12(8-10)15(18)19;1-5(2,3)4;;;;/h1-8H;(H3,1,2,3,4);;;;/q+1;;;;-1;. The molecule has 0 unspecified atom stereocenters. The van der Waals surface area contributed by atoms with Crippen LogP contribution in [-0.2, 0) is 29.0 Å². The summed E-state index contributed by atoms with van der Waals surface area (Å²) in [5, 5.41) is 21.4. The van der Waals surface area contributed by atoms with Crippen LogP contribution in [0.5, 0.6) is 0 Å². The van der Waals surface area contributed by atoms with E-state index >= 15 is 0 Å². The van der Waals surface area contributed by atoms with Crippen molar-refractivity contribution >= 4 is 19.2 Å². The van der Waals surface area contributed by atoms with Crippen molar-refractivity contribution in [3.05, 3.63) is 75.9 Å². The molecule has 13 nitrogen and oxygen atoms in total. The van der Waals surface area contributed by atoms with Gasteiger partial charge in [0, 0.05) is 12.1 Å². The van der Waals surface area contributed by atoms with E-state index in [-0.39, 0.29) is 11.4 Å². The van der Waals surface area contributed by atoms with Crippen LogP contribution in [0.2, 0.25) is 0 Å². The fraction of sp³-hybridized carbons (Fsp3) is 0. The number of halogens is 1. The van der Waals surface area contributed by atoms with Crippen molar-refractivity contribution in [3.63, 3.8) is 0 Å². The van der Waals surface area contributed by atoms with Crippen molar-refractivity contribution in [1.82, 2.24) is 0 Å². The molecule has 0 aliphatic heterocycles. The molecule has 16 heteroatoms. The summed E-state index contributed by atoms with van der Waals surface area (Å²) in [6.07, 6.45) is 0. The number of non-ortho nitro benzene ring substituents is 2. The number of hydrogen-bond donors (Lipinski definition) is 3. The van der Waals surface area contributed by atoms with Crippen LogP contribution in [0.4, 0.5) is 11.4 Å². The van der Waals surface area contributed by atoms with E-state index < -0.39 is 56.5 Å². The van der Waals surface area contributed by atoms with E-state index in [1.165, 1.54) is 24.3 Å². The molecule has 0 saturated heterocycles. The molecule has 0 saturated carbocycles. The summed E-state index contributed by atoms with van der Waals surface area (Å²) in [5.74, 6) is 0. The maximum atomic E-state index is 10.7. The van der Waals surface area contributed by atoms with Crippen molar-refractivity contribution in [2.75, 3.05) is 0 Å². The Morgan fingerprint density at radius 1 is 0.857 bits per heavy atom. The summed E-state index contributed by atoms with van der Waals surface area (Å²) in [6.45, 7) is 0. The van der Waals surface area contributed by atoms with E-state index in [0.29, 0.717) is 0 Å². The fourth-order valence-electron chi connectivity index (χ4n) is 1.42. The SMILES string of the molecule is O=P(O)(O)O.O=[N+]([O-])c1cccc([I+]c2cccc([N+](=O)[O-])c2)c1.[O]=[W](=[O])[O-]. The van der Waals surface area contributed by atoms with E-state index in [4.69, 9.17) is 29.8 Å². The number of nitrogens with zero attached hydrogens (tertiary/aromatic N) is 2. The van der Waals surface area contributed by atoms with Crippen molar-refractivity contribution < 1.29 is 78.5 Å². The first-order valence-corrected chi connectivity index (χ1v) is 13.8. The average molecular weight is 701 g/mol. The minimum atomic E-state index is -4.64. The Kier molecular flexibility index (Phi) is 12.0. The van der Waals surface area contributed by atoms with E-state index in [2.05, 4.69) is 0 Å². The topological polar surface area (TPSA) is 221 Å². The van der Waals surface area contributed by atoms with Gasteiger partial charge in [-0.25, -0.2) is 4.57 Å². The van der Waals surface area contributed by atoms with Crippen LogP contribution < -0.4 is 25.0 Å². The van der Waals surface area contributed by atoms with Gasteiger partial charge in [-0.05, 0) is 12.1 Å². The molecule has 3 N–H and O–H groups in total. The van der Waals surface area contributed by atoms with E-state index in [9.17, 15) is 20.2 Å². The molecule has 2 aromatic carbocycles. The van der Waals surface area contributed by atoms with Gasteiger partial charge in [-0.15, -0.1) is 0 Å². The minimum absolute atomic E-state index is 0.0441. The first-order chi connectivity index (χ1) is 12.8. The van der Waals surface area contributed by atoms with Gasteiger partial charge in [-0.2, -0.15) is 0 Å². The molecular weight excluding hydrogens is 690 g/mol. The van der Waals surface area contributed by atoms with Gasteiger partial charge in [-0.1, -0.05) is 12.1 Å². The van der Waals surface area contributed by atoms with Gasteiger partial charge in [0.2, 0.25) is 7.14 Å². The molecule has 0 atom stereocenters. The monoisotopic (exact) mass is 701 g/mol. The van der Waals surface area contributed by atoms with Crippen molar-refractivity contribution in [2.45, 2.75) is 0 Å². The first kappa shape index (κ1) is 26.3. The van der Waals surface area contributed by atoms with E-state index in [0.717, 1.165) is 7.14 Å². The first-order valence-electron chi connectivity index (χ1n) is 6.48. The van der Waals surface area contributed by atoms with Gasteiger partial charge in [0.1, 0.15) is 0 Å². The Morgan fingerprint density at radius 2 is 1.14 bits per heavy atom. The third kappa shape index (κ3) is 14.4. The third-order valence-electron chi connectivity index (χ3n) is 2.26. The Hall–Kier alpha value is -1.67. The number of rotatable bonds is 4. The van der Waals surface area contributed by atoms with Crippen LogP contribution >= 0.6 is 7.82 Å². The van der Waals surface area contributed by atoms with Crippen LogP contribution in [0.3, 0.4) is 0 Å². The van der Waals surface area contributed by atoms with Gasteiger partial charge < -0.3 is 14.7 Å². The second kappa shape index (κ2) is 12.7. The molecule has 0 fully saturated rings. The maximum absolute atomic E-state index is 10.7. The van der Waals surface area contributed by atoms with Crippen molar-refractivity contribution in [2.24, 2.45) is 0 Å². The van der Waals surface area contributed by atoms with Crippen LogP contribution in [0.25, 0.3) is 0 Å². The zero-order valence-corrected chi connectivity index (χ0v) is 19.3. The molecule has 153 valence electrons. The Morgan fingerprint density at radius 3 is 1.39 bits per heavy atom. The summed E-state index contributed by atoms with van der Waals surface area (Å²) in [7, 11) is -4.64. The molecular formula is C12H11IN2O11PW. The quantitative estimate of drug-likeness (QED) is 0.129. The number of nitro benzene ring substituents is 2.